The molecule has 0 aromatic rings. The van der Waals surface area contributed by atoms with Crippen LogP contribution >= 0.6 is 0 Å². The summed E-state index contributed by atoms with van der Waals surface area (Å²) >= 11 is 0. The van der Waals surface area contributed by atoms with Crippen LogP contribution in [-0.4, -0.2) is 0 Å². The van der Waals surface area contributed by atoms with Gasteiger partial charge in [0.15, 0.2) is 0 Å². The second kappa shape index (κ2) is 3.00. The van der Waals surface area contributed by atoms with Crippen molar-refractivity contribution in [2.75, 3.05) is 0 Å². The molecule has 62 valence electrons. The molecule has 0 nitrogen and oxygen atoms in total. The van der Waals surface area contributed by atoms with Crippen LogP contribution in [0.15, 0.2) is 11.1 Å². The van der Waals surface area contributed by atoms with Crippen LogP contribution in [0.5, 0.6) is 0 Å². The second-order valence-electron chi connectivity index (χ2n) is 4.26. The molecule has 0 amide bonds. The summed E-state index contributed by atoms with van der Waals surface area (Å²) in [6.07, 6.45) is 10.1. The van der Waals surface area contributed by atoms with Crippen LogP contribution in [0.4, 0.5) is 0 Å². The minimum Gasteiger partial charge on any atom is -0.0710 e. The zero-order valence-corrected chi connectivity index (χ0v) is 7.53. The van der Waals surface area contributed by atoms with E-state index in [-0.39, 0.29) is 0 Å². The lowest BCUT2D eigenvalue weighted by Crippen LogP contribution is -2.10. The Labute approximate surface area is 69.7 Å². The summed E-state index contributed by atoms with van der Waals surface area (Å²) in [7, 11) is 0. The lowest BCUT2D eigenvalue weighted by Gasteiger charge is -2.28. The van der Waals surface area contributed by atoms with E-state index in [1.54, 1.807) is 0 Å². The minimum atomic E-state index is 0.979. The summed E-state index contributed by atoms with van der Waals surface area (Å²) in [5.74, 6) is 0.979. The van der Waals surface area contributed by atoms with Gasteiger partial charge in [0.25, 0.3) is 0 Å². The molecule has 0 heterocycles. The van der Waals surface area contributed by atoms with E-state index in [4.69, 9.17) is 0 Å². The second-order valence-corrected chi connectivity index (χ2v) is 4.26. The van der Waals surface area contributed by atoms with Gasteiger partial charge in [-0.25, -0.2) is 0 Å². The van der Waals surface area contributed by atoms with Crippen LogP contribution in [0.25, 0.3) is 0 Å². The highest BCUT2D eigenvalue weighted by Crippen LogP contribution is 2.37. The Morgan fingerprint density at radius 2 is 1.73 bits per heavy atom. The van der Waals surface area contributed by atoms with Crippen molar-refractivity contribution in [3.63, 3.8) is 0 Å². The van der Waals surface area contributed by atoms with Crippen molar-refractivity contribution >= 4 is 0 Å². The molecule has 1 atom stereocenters. The molecule has 11 heavy (non-hydrogen) atoms. The van der Waals surface area contributed by atoms with Gasteiger partial charge in [0.1, 0.15) is 0 Å². The van der Waals surface area contributed by atoms with Gasteiger partial charge in [-0.15, -0.1) is 0 Å². The average molecular weight is 150 g/mol. The van der Waals surface area contributed by atoms with Crippen molar-refractivity contribution in [3.05, 3.63) is 11.1 Å². The Morgan fingerprint density at radius 3 is 2.55 bits per heavy atom. The van der Waals surface area contributed by atoms with E-state index >= 15 is 0 Å². The van der Waals surface area contributed by atoms with Crippen LogP contribution in [0.3, 0.4) is 0 Å². The molecule has 0 aromatic heterocycles. The van der Waals surface area contributed by atoms with Gasteiger partial charge >= 0.3 is 0 Å². The Morgan fingerprint density at radius 1 is 1.00 bits per heavy atom. The fourth-order valence-electron chi connectivity index (χ4n) is 2.52. The fraction of sp³-hybridized carbons (Fsp3) is 0.818. The smallest absolute Gasteiger partial charge is 0.0292 e. The molecule has 2 aliphatic carbocycles. The molecular formula is C11H18. The van der Waals surface area contributed by atoms with E-state index < -0.39 is 0 Å². The molecule has 2 rings (SSSR count). The number of rotatable bonds is 0. The van der Waals surface area contributed by atoms with Crippen LogP contribution in [0, 0.1) is 5.92 Å². The van der Waals surface area contributed by atoms with Gasteiger partial charge < -0.3 is 0 Å². The molecule has 0 radical (unpaired) electrons. The summed E-state index contributed by atoms with van der Waals surface area (Å²) in [4.78, 5) is 0. The van der Waals surface area contributed by atoms with Gasteiger partial charge in [0, 0.05) is 0 Å². The number of hydrogen-bond acceptors (Lipinski definition) is 0. The first kappa shape index (κ1) is 7.39. The maximum atomic E-state index is 2.40. The largest absolute Gasteiger partial charge is 0.0710 e. The van der Waals surface area contributed by atoms with E-state index in [0.29, 0.717) is 0 Å². The van der Waals surface area contributed by atoms with Crippen LogP contribution in [0.1, 0.15) is 51.9 Å². The maximum Gasteiger partial charge on any atom is -0.0292 e. The predicted molar refractivity (Wildman–Crippen MR) is 48.5 cm³/mol. The minimum absolute atomic E-state index is 0.979. The highest BCUT2D eigenvalue weighted by molar-refractivity contribution is 5.19. The van der Waals surface area contributed by atoms with Gasteiger partial charge in [-0.1, -0.05) is 18.1 Å². The normalized spacial score (nSPS) is 31.9. The number of allylic oxidation sites excluding steroid dienone is 2. The average Bonchev–Trinajstić information content (AvgIpc) is 2.04. The number of hydrogen-bond donors (Lipinski definition) is 0. The Bertz CT molecular complexity index is 176. The van der Waals surface area contributed by atoms with Gasteiger partial charge in [0.2, 0.25) is 0 Å². The van der Waals surface area contributed by atoms with Gasteiger partial charge in [-0.05, 0) is 50.9 Å². The molecular weight excluding hydrogens is 132 g/mol. The molecule has 0 bridgehead atoms. The molecule has 0 heteroatoms. The third kappa shape index (κ3) is 1.50. The van der Waals surface area contributed by atoms with Crippen LogP contribution in [-0.2, 0) is 0 Å². The molecule has 0 spiro atoms. The van der Waals surface area contributed by atoms with Crippen LogP contribution in [0.2, 0.25) is 0 Å². The predicted octanol–water partition coefficient (Wildman–Crippen LogP) is 3.68. The van der Waals surface area contributed by atoms with Crippen molar-refractivity contribution in [1.29, 1.82) is 0 Å². The Hall–Kier alpha value is -0.260. The fourth-order valence-corrected chi connectivity index (χ4v) is 2.52. The van der Waals surface area contributed by atoms with Crippen molar-refractivity contribution in [2.24, 2.45) is 5.92 Å². The van der Waals surface area contributed by atoms with Gasteiger partial charge in [-0.3, -0.25) is 0 Å². The lowest BCUT2D eigenvalue weighted by molar-refractivity contribution is 0.454. The van der Waals surface area contributed by atoms with Gasteiger partial charge in [-0.2, -0.15) is 0 Å². The van der Waals surface area contributed by atoms with Crippen molar-refractivity contribution in [3.8, 4) is 0 Å². The van der Waals surface area contributed by atoms with Crippen molar-refractivity contribution in [2.45, 2.75) is 51.9 Å². The van der Waals surface area contributed by atoms with E-state index in [1.165, 1.54) is 44.9 Å². The lowest BCUT2D eigenvalue weighted by atomic mass is 9.78. The Balaban J connectivity index is 2.12. The maximum absolute atomic E-state index is 2.40. The zero-order valence-electron chi connectivity index (χ0n) is 7.53. The summed E-state index contributed by atoms with van der Waals surface area (Å²) in [5, 5.41) is 0. The molecule has 0 saturated heterocycles. The highest BCUT2D eigenvalue weighted by atomic mass is 14.2. The Kier molecular flexibility index (Phi) is 2.02. The highest BCUT2D eigenvalue weighted by Gasteiger charge is 2.19. The third-order valence-electron chi connectivity index (χ3n) is 3.24. The molecule has 0 aliphatic heterocycles. The molecule has 0 aromatic carbocycles. The van der Waals surface area contributed by atoms with Gasteiger partial charge in [0.05, 0.1) is 0 Å². The first-order valence-corrected chi connectivity index (χ1v) is 5.06. The first-order valence-electron chi connectivity index (χ1n) is 5.06. The third-order valence-corrected chi connectivity index (χ3v) is 3.24. The van der Waals surface area contributed by atoms with E-state index in [2.05, 4.69) is 6.92 Å². The summed E-state index contributed by atoms with van der Waals surface area (Å²) in [6.45, 7) is 2.40. The monoisotopic (exact) mass is 150 g/mol. The molecule has 2 aliphatic rings. The quantitative estimate of drug-likeness (QED) is 0.462. The standard InChI is InChI=1S/C11H18/c1-9-6-7-10-4-2-3-5-11(10)8-9/h9H,2-8H2,1H3. The first-order chi connectivity index (χ1) is 5.36. The molecule has 0 saturated carbocycles. The SMILES string of the molecule is CC1CCC2=C(CCCC2)C1. The van der Waals surface area contributed by atoms with Crippen molar-refractivity contribution < 1.29 is 0 Å². The molecule has 0 N–H and O–H groups in total. The molecule has 0 fully saturated rings. The van der Waals surface area contributed by atoms with E-state index in [0.717, 1.165) is 5.92 Å². The zero-order chi connectivity index (χ0) is 7.68. The van der Waals surface area contributed by atoms with E-state index in [1.807, 2.05) is 11.1 Å². The summed E-state index contributed by atoms with van der Waals surface area (Å²) < 4.78 is 0. The molecule has 1 unspecified atom stereocenters. The van der Waals surface area contributed by atoms with E-state index in [9.17, 15) is 0 Å². The summed E-state index contributed by atoms with van der Waals surface area (Å²) in [6, 6.07) is 0. The van der Waals surface area contributed by atoms with Crippen LogP contribution < -0.4 is 0 Å². The summed E-state index contributed by atoms with van der Waals surface area (Å²) in [5.41, 5.74) is 3.68. The topological polar surface area (TPSA) is 0 Å². The van der Waals surface area contributed by atoms with Crippen molar-refractivity contribution in [1.82, 2.24) is 0 Å².